The summed E-state index contributed by atoms with van der Waals surface area (Å²) < 4.78 is 19.9. The summed E-state index contributed by atoms with van der Waals surface area (Å²) in [7, 11) is -5.18. The van der Waals surface area contributed by atoms with E-state index in [1.165, 1.54) is 5.56 Å². The summed E-state index contributed by atoms with van der Waals surface area (Å²) in [6.45, 7) is 22.7. The second kappa shape index (κ2) is 8.68. The first-order valence-electron chi connectivity index (χ1n) is 13.2. The van der Waals surface area contributed by atoms with E-state index in [1.54, 1.807) is 0 Å². The summed E-state index contributed by atoms with van der Waals surface area (Å²) in [5.41, 5.74) is 2.23. The van der Waals surface area contributed by atoms with Gasteiger partial charge in [0.1, 0.15) is 5.75 Å². The number of fused-ring (bicyclic) bond motifs is 5. The Kier molecular flexibility index (Phi) is 6.72. The molecule has 1 aromatic rings. The van der Waals surface area contributed by atoms with Crippen molar-refractivity contribution in [1.82, 2.24) is 0 Å². The van der Waals surface area contributed by atoms with Crippen molar-refractivity contribution in [3.8, 4) is 5.75 Å². The summed E-state index contributed by atoms with van der Waals surface area (Å²) in [5.74, 6) is 2.44. The normalized spacial score (nSPS) is 33.8. The molecule has 0 radical (unpaired) electrons. The fourth-order valence-corrected chi connectivity index (χ4v) is 10.0. The van der Waals surface area contributed by atoms with Crippen molar-refractivity contribution in [2.24, 2.45) is 17.3 Å². The highest BCUT2D eigenvalue weighted by atomic mass is 28.4. The molecule has 190 valence electrons. The highest BCUT2D eigenvalue weighted by Crippen LogP contribution is 2.62. The number of hydrogen-bond donors (Lipinski definition) is 0. The van der Waals surface area contributed by atoms with Crippen LogP contribution in [0.15, 0.2) is 18.2 Å². The second-order valence-corrected chi connectivity index (χ2v) is 27.5. The van der Waals surface area contributed by atoms with Gasteiger partial charge in [-0.05, 0) is 119 Å². The van der Waals surface area contributed by atoms with Crippen molar-refractivity contribution < 1.29 is 18.1 Å². The molecule has 0 aromatic heterocycles. The molecular weight excluding hydrogens is 473 g/mol. The molecule has 0 heterocycles. The molecule has 34 heavy (non-hydrogen) atoms. The number of carbonyl (C=O) groups is 1. The highest BCUT2D eigenvalue weighted by Gasteiger charge is 2.61. The maximum absolute atomic E-state index is 13.5. The fourth-order valence-electron chi connectivity index (χ4n) is 6.90. The lowest BCUT2D eigenvalue weighted by atomic mass is 9.55. The monoisotopic (exact) mass is 518 g/mol. The van der Waals surface area contributed by atoms with Crippen LogP contribution in [0.25, 0.3) is 0 Å². The van der Waals surface area contributed by atoms with Gasteiger partial charge in [0.25, 0.3) is 0 Å². The van der Waals surface area contributed by atoms with Gasteiger partial charge >= 0.3 is 0 Å². The molecule has 0 N–H and O–H groups in total. The van der Waals surface area contributed by atoms with Crippen LogP contribution in [0.3, 0.4) is 0 Å². The first-order chi connectivity index (χ1) is 15.5. The average Bonchev–Trinajstić information content (AvgIpc) is 2.90. The Morgan fingerprint density at radius 2 is 1.56 bits per heavy atom. The van der Waals surface area contributed by atoms with E-state index in [-0.39, 0.29) is 17.6 Å². The third-order valence-electron chi connectivity index (χ3n) is 7.90. The molecule has 6 atom stereocenters. The predicted molar refractivity (Wildman–Crippen MR) is 147 cm³/mol. The molecule has 4 nitrogen and oxygen atoms in total. The first-order valence-corrected chi connectivity index (χ1v) is 23.4. The van der Waals surface area contributed by atoms with Crippen LogP contribution in [-0.4, -0.2) is 42.9 Å². The Bertz CT molecular complexity index is 943. The van der Waals surface area contributed by atoms with E-state index in [0.717, 1.165) is 30.6 Å². The molecule has 2 fully saturated rings. The smallest absolute Gasteiger partial charge is 0.242 e. The lowest BCUT2D eigenvalue weighted by Gasteiger charge is -2.51. The lowest BCUT2D eigenvalue weighted by Crippen LogP contribution is -2.50. The van der Waals surface area contributed by atoms with Gasteiger partial charge in [-0.15, -0.1) is 0 Å². The van der Waals surface area contributed by atoms with Crippen molar-refractivity contribution in [3.05, 3.63) is 29.3 Å². The predicted octanol–water partition coefficient (Wildman–Crippen LogP) is 7.45. The zero-order valence-corrected chi connectivity index (χ0v) is 26.1. The number of rotatable bonds is 6. The minimum absolute atomic E-state index is 0.0738. The quantitative estimate of drug-likeness (QED) is 0.367. The molecule has 7 heteroatoms. The van der Waals surface area contributed by atoms with Gasteiger partial charge < -0.3 is 13.3 Å². The molecule has 0 amide bonds. The van der Waals surface area contributed by atoms with Gasteiger partial charge in [-0.2, -0.15) is 0 Å². The Morgan fingerprint density at radius 3 is 2.15 bits per heavy atom. The van der Waals surface area contributed by atoms with Gasteiger partial charge in [-0.1, -0.05) is 13.0 Å². The summed E-state index contributed by atoms with van der Waals surface area (Å²) in [5, 5.41) is 0. The Balaban J connectivity index is 1.67. The van der Waals surface area contributed by atoms with Crippen LogP contribution in [0, 0.1) is 17.3 Å². The zero-order chi connectivity index (χ0) is 25.3. The standard InChI is InChI=1S/C27H46O4Si3/c1-27-14-13-20-19-12-11-18(29-32(2,3)4)15-22(19)24(28)16-21(20)23(27)17-25(30-33(5,6)7)26(27)31-34(8,9)10/h11-12,15,20-21,23,25-26H,13-14,16-17H2,1-10H3/t20-,21-,23+,25-,26+,27+/m1/s1. The van der Waals surface area contributed by atoms with Crippen LogP contribution in [0.2, 0.25) is 58.9 Å². The minimum Gasteiger partial charge on any atom is -0.544 e. The fraction of sp³-hybridized carbons (Fsp3) is 0.741. The zero-order valence-electron chi connectivity index (χ0n) is 23.1. The summed E-state index contributed by atoms with van der Waals surface area (Å²) in [6.07, 6.45) is 4.22. The first kappa shape index (κ1) is 26.3. The average molecular weight is 519 g/mol. The third kappa shape index (κ3) is 5.33. The number of ketones is 1. The maximum Gasteiger partial charge on any atom is 0.242 e. The Labute approximate surface area is 210 Å². The van der Waals surface area contributed by atoms with E-state index in [9.17, 15) is 4.79 Å². The van der Waals surface area contributed by atoms with E-state index in [0.29, 0.717) is 30.0 Å². The number of hydrogen-bond acceptors (Lipinski definition) is 4. The molecular formula is C27H46O4Si3. The Morgan fingerprint density at radius 1 is 0.912 bits per heavy atom. The molecule has 2 saturated carbocycles. The van der Waals surface area contributed by atoms with Gasteiger partial charge in [0.15, 0.2) is 22.4 Å². The van der Waals surface area contributed by atoms with E-state index < -0.39 is 25.0 Å². The molecule has 0 spiro atoms. The summed E-state index contributed by atoms with van der Waals surface area (Å²) in [6, 6.07) is 6.33. The van der Waals surface area contributed by atoms with Crippen LogP contribution < -0.4 is 4.43 Å². The molecule has 4 rings (SSSR count). The largest absolute Gasteiger partial charge is 0.544 e. The van der Waals surface area contributed by atoms with Gasteiger partial charge in [-0.3, -0.25) is 4.79 Å². The number of benzene rings is 1. The molecule has 0 saturated heterocycles. The maximum atomic E-state index is 13.5. The second-order valence-electron chi connectivity index (χ2n) is 14.2. The van der Waals surface area contributed by atoms with E-state index in [1.807, 2.05) is 6.07 Å². The van der Waals surface area contributed by atoms with E-state index in [2.05, 4.69) is 78.0 Å². The SMILES string of the molecule is C[C@]12CC[C@@H]3c4ccc(O[Si](C)(C)C)cc4C(=O)C[C@H]3[C@@H]1C[C@@H](O[Si](C)(C)C)[C@@H]2O[Si](C)(C)C. The minimum atomic E-state index is -1.75. The molecule has 0 bridgehead atoms. The van der Waals surface area contributed by atoms with Gasteiger partial charge in [0, 0.05) is 12.0 Å². The topological polar surface area (TPSA) is 44.8 Å². The van der Waals surface area contributed by atoms with Crippen LogP contribution >= 0.6 is 0 Å². The van der Waals surface area contributed by atoms with Crippen LogP contribution in [0.1, 0.15) is 54.4 Å². The number of carbonyl (C=O) groups excluding carboxylic acids is 1. The highest BCUT2D eigenvalue weighted by molar-refractivity contribution is 6.70. The van der Waals surface area contributed by atoms with Crippen LogP contribution in [0.5, 0.6) is 5.75 Å². The van der Waals surface area contributed by atoms with Gasteiger partial charge in [-0.25, -0.2) is 0 Å². The van der Waals surface area contributed by atoms with Gasteiger partial charge in [0.2, 0.25) is 8.32 Å². The van der Waals surface area contributed by atoms with Crippen molar-refractivity contribution in [1.29, 1.82) is 0 Å². The van der Waals surface area contributed by atoms with Crippen molar-refractivity contribution in [2.45, 2.75) is 110 Å². The Hall–Kier alpha value is -0.739. The molecule has 3 aliphatic rings. The molecule has 1 aromatic carbocycles. The van der Waals surface area contributed by atoms with E-state index >= 15 is 0 Å². The van der Waals surface area contributed by atoms with Crippen LogP contribution in [0.4, 0.5) is 0 Å². The van der Waals surface area contributed by atoms with Crippen molar-refractivity contribution in [2.75, 3.05) is 0 Å². The molecule has 0 unspecified atom stereocenters. The molecule has 3 aliphatic carbocycles. The lowest BCUT2D eigenvalue weighted by molar-refractivity contribution is -0.0349. The summed E-state index contributed by atoms with van der Waals surface area (Å²) in [4.78, 5) is 13.5. The van der Waals surface area contributed by atoms with Gasteiger partial charge in [0.05, 0.1) is 12.2 Å². The number of Topliss-reactive ketones (excluding diaryl/α,β-unsaturated/α-hetero) is 1. The van der Waals surface area contributed by atoms with E-state index in [4.69, 9.17) is 13.3 Å². The third-order valence-corrected chi connectivity index (χ3v) is 10.7. The van der Waals surface area contributed by atoms with Crippen molar-refractivity contribution in [3.63, 3.8) is 0 Å². The summed E-state index contributed by atoms with van der Waals surface area (Å²) >= 11 is 0. The molecule has 0 aliphatic heterocycles. The van der Waals surface area contributed by atoms with Crippen LogP contribution in [-0.2, 0) is 8.85 Å². The van der Waals surface area contributed by atoms with Crippen molar-refractivity contribution >= 4 is 30.7 Å².